The molecule has 1 N–H and O–H groups in total. The maximum Gasteiger partial charge on any atom is 0.270 e. The Morgan fingerprint density at radius 2 is 2.29 bits per heavy atom. The van der Waals surface area contributed by atoms with Gasteiger partial charge in [0.2, 0.25) is 5.91 Å². The Hall–Kier alpha value is -2.82. The van der Waals surface area contributed by atoms with Crippen LogP contribution >= 0.6 is 23.1 Å². The second kappa shape index (κ2) is 9.99. The number of hydrogen-bond donors (Lipinski definition) is 1. The first-order chi connectivity index (χ1) is 15.1. The molecule has 160 valence electrons. The van der Waals surface area contributed by atoms with Crippen LogP contribution in [0.1, 0.15) is 18.4 Å². The summed E-state index contributed by atoms with van der Waals surface area (Å²) in [6.07, 6.45) is 3.79. The lowest BCUT2D eigenvalue weighted by Crippen LogP contribution is -2.32. The van der Waals surface area contributed by atoms with Crippen molar-refractivity contribution in [3.8, 4) is 0 Å². The summed E-state index contributed by atoms with van der Waals surface area (Å²) in [5.41, 5.74) is 2.27. The highest BCUT2D eigenvalue weighted by atomic mass is 32.2. The monoisotopic (exact) mass is 456 g/mol. The largest absolute Gasteiger partial charge is 0.376 e. The summed E-state index contributed by atoms with van der Waals surface area (Å²) in [5.74, 6) is 0.284. The van der Waals surface area contributed by atoms with E-state index in [0.717, 1.165) is 39.7 Å². The smallest absolute Gasteiger partial charge is 0.270 e. The number of hydrogen-bond acceptors (Lipinski definition) is 8. The van der Waals surface area contributed by atoms with Gasteiger partial charge in [-0.2, -0.15) is 0 Å². The van der Waals surface area contributed by atoms with Crippen molar-refractivity contribution in [1.29, 1.82) is 0 Å². The zero-order chi connectivity index (χ0) is 21.6. The van der Waals surface area contributed by atoms with E-state index in [1.807, 2.05) is 18.2 Å². The summed E-state index contributed by atoms with van der Waals surface area (Å²) in [5, 5.41) is 13.8. The molecule has 0 radical (unpaired) electrons. The number of amides is 1. The lowest BCUT2D eigenvalue weighted by molar-refractivity contribution is -0.384. The van der Waals surface area contributed by atoms with Crippen molar-refractivity contribution in [1.82, 2.24) is 10.3 Å². The van der Waals surface area contributed by atoms with Gasteiger partial charge >= 0.3 is 0 Å². The quantitative estimate of drug-likeness (QED) is 0.234. The summed E-state index contributed by atoms with van der Waals surface area (Å²) >= 11 is 2.92. The normalized spacial score (nSPS) is 16.2. The second-order valence-electron chi connectivity index (χ2n) is 6.97. The predicted molar refractivity (Wildman–Crippen MR) is 123 cm³/mol. The van der Waals surface area contributed by atoms with Gasteiger partial charge in [0.15, 0.2) is 4.34 Å². The number of carbonyl (C=O) groups is 1. The number of ether oxygens (including phenoxy) is 1. The molecule has 1 atom stereocenters. The van der Waals surface area contributed by atoms with Crippen molar-refractivity contribution in [2.45, 2.75) is 23.3 Å². The molecule has 3 aromatic rings. The van der Waals surface area contributed by atoms with Crippen LogP contribution in [0.15, 0.2) is 51.8 Å². The lowest BCUT2D eigenvalue weighted by Gasteiger charge is -2.09. The summed E-state index contributed by atoms with van der Waals surface area (Å²) in [7, 11) is 0. The van der Waals surface area contributed by atoms with Crippen LogP contribution in [-0.2, 0) is 9.53 Å². The van der Waals surface area contributed by atoms with Crippen LogP contribution in [0.3, 0.4) is 0 Å². The fraction of sp³-hybridized carbons (Fsp3) is 0.286. The Labute approximate surface area is 186 Å². The Balaban J connectivity index is 1.36. The zero-order valence-corrected chi connectivity index (χ0v) is 18.2. The minimum atomic E-state index is -0.428. The Morgan fingerprint density at radius 1 is 1.39 bits per heavy atom. The third-order valence-corrected chi connectivity index (χ3v) is 6.83. The number of non-ortho nitro benzene ring substituents is 1. The Bertz CT molecular complexity index is 1130. The molecule has 0 saturated carbocycles. The van der Waals surface area contributed by atoms with E-state index in [2.05, 4.69) is 15.3 Å². The molecule has 10 heteroatoms. The molecule has 0 bridgehead atoms. The number of benzene rings is 2. The van der Waals surface area contributed by atoms with Crippen LogP contribution in [0.2, 0.25) is 0 Å². The van der Waals surface area contributed by atoms with Gasteiger partial charge in [-0.1, -0.05) is 23.9 Å². The summed E-state index contributed by atoms with van der Waals surface area (Å²) < 4.78 is 7.30. The average Bonchev–Trinajstić information content (AvgIpc) is 3.44. The van der Waals surface area contributed by atoms with E-state index in [-0.39, 0.29) is 17.7 Å². The second-order valence-corrected chi connectivity index (χ2v) is 9.22. The van der Waals surface area contributed by atoms with E-state index in [9.17, 15) is 14.9 Å². The van der Waals surface area contributed by atoms with E-state index in [1.54, 1.807) is 18.3 Å². The van der Waals surface area contributed by atoms with Gasteiger partial charge in [-0.3, -0.25) is 19.9 Å². The molecule has 1 saturated heterocycles. The first kappa shape index (κ1) is 21.4. The topological polar surface area (TPSA) is 107 Å². The molecule has 2 heterocycles. The molecule has 0 aliphatic carbocycles. The van der Waals surface area contributed by atoms with Crippen molar-refractivity contribution in [2.75, 3.05) is 18.9 Å². The van der Waals surface area contributed by atoms with Gasteiger partial charge in [0, 0.05) is 31.5 Å². The summed E-state index contributed by atoms with van der Waals surface area (Å²) in [6, 6.07) is 12.0. The van der Waals surface area contributed by atoms with Crippen molar-refractivity contribution in [3.63, 3.8) is 0 Å². The number of nitrogens with one attached hydrogen (secondary N) is 1. The van der Waals surface area contributed by atoms with Crippen LogP contribution in [0, 0.1) is 10.1 Å². The summed E-state index contributed by atoms with van der Waals surface area (Å²) in [6.45, 7) is 1.34. The molecule has 1 aliphatic rings. The van der Waals surface area contributed by atoms with Crippen LogP contribution in [0.4, 0.5) is 11.4 Å². The highest BCUT2D eigenvalue weighted by Gasteiger charge is 2.16. The van der Waals surface area contributed by atoms with Gasteiger partial charge in [-0.15, -0.1) is 11.3 Å². The molecule has 1 fully saturated rings. The minimum Gasteiger partial charge on any atom is -0.376 e. The number of carbonyl (C=O) groups excluding carboxylic acids is 1. The molecule has 0 unspecified atom stereocenters. The van der Waals surface area contributed by atoms with Gasteiger partial charge in [-0.25, -0.2) is 4.98 Å². The van der Waals surface area contributed by atoms with Crippen LogP contribution in [-0.4, -0.2) is 47.0 Å². The van der Waals surface area contributed by atoms with Crippen molar-refractivity contribution < 1.29 is 14.5 Å². The Morgan fingerprint density at radius 3 is 3.10 bits per heavy atom. The molecular formula is C21H20N4O4S2. The van der Waals surface area contributed by atoms with Crippen molar-refractivity contribution >= 4 is 56.8 Å². The molecule has 31 heavy (non-hydrogen) atoms. The fourth-order valence-corrected chi connectivity index (χ4v) is 5.04. The molecule has 1 aliphatic heterocycles. The van der Waals surface area contributed by atoms with Crippen molar-refractivity contribution in [3.05, 3.63) is 58.1 Å². The number of rotatable bonds is 8. The van der Waals surface area contributed by atoms with E-state index >= 15 is 0 Å². The van der Waals surface area contributed by atoms with Crippen LogP contribution in [0.5, 0.6) is 0 Å². The van der Waals surface area contributed by atoms with E-state index in [0.29, 0.717) is 17.9 Å². The highest BCUT2D eigenvalue weighted by molar-refractivity contribution is 8.01. The predicted octanol–water partition coefficient (Wildman–Crippen LogP) is 4.34. The van der Waals surface area contributed by atoms with Gasteiger partial charge in [-0.05, 0) is 36.6 Å². The minimum absolute atomic E-state index is 0.0259. The SMILES string of the molecule is O=C(CSc1nc2ccc(N=Cc3cccc([N+](=O)[O-])c3)cc2s1)NC[C@H]1CCCO1. The molecule has 2 aromatic carbocycles. The van der Waals surface area contributed by atoms with Gasteiger partial charge < -0.3 is 10.1 Å². The number of thiazole rings is 1. The molecular weight excluding hydrogens is 436 g/mol. The average molecular weight is 457 g/mol. The van der Waals surface area contributed by atoms with Gasteiger partial charge in [0.05, 0.1) is 32.7 Å². The van der Waals surface area contributed by atoms with Crippen LogP contribution in [0.25, 0.3) is 10.2 Å². The first-order valence-electron chi connectivity index (χ1n) is 9.77. The molecule has 1 amide bonds. The standard InChI is InChI=1S/C21H20N4O4S2/c26-20(23-12-17-5-2-8-29-17)13-30-21-24-18-7-6-15(10-19(18)31-21)22-11-14-3-1-4-16(9-14)25(27)28/h1,3-4,6-7,9-11,17H,2,5,8,12-13H2,(H,23,26)/t17-/m1/s1. The third-order valence-electron chi connectivity index (χ3n) is 4.67. The Kier molecular flexibility index (Phi) is 6.90. The van der Waals surface area contributed by atoms with E-state index in [1.165, 1.54) is 35.2 Å². The molecule has 1 aromatic heterocycles. The van der Waals surface area contributed by atoms with Crippen LogP contribution < -0.4 is 5.32 Å². The number of nitro benzene ring substituents is 1. The molecule has 4 rings (SSSR count). The zero-order valence-electron chi connectivity index (χ0n) is 16.5. The number of aromatic nitrogens is 1. The summed E-state index contributed by atoms with van der Waals surface area (Å²) in [4.78, 5) is 31.5. The fourth-order valence-electron chi connectivity index (χ4n) is 3.11. The van der Waals surface area contributed by atoms with Gasteiger partial charge in [0.1, 0.15) is 0 Å². The molecule has 0 spiro atoms. The number of aliphatic imine (C=N–C) groups is 1. The maximum atomic E-state index is 12.1. The van der Waals surface area contributed by atoms with E-state index in [4.69, 9.17) is 4.74 Å². The molecule has 8 nitrogen and oxygen atoms in total. The number of nitro groups is 1. The van der Waals surface area contributed by atoms with Gasteiger partial charge in [0.25, 0.3) is 5.69 Å². The highest BCUT2D eigenvalue weighted by Crippen LogP contribution is 2.32. The van der Waals surface area contributed by atoms with E-state index < -0.39 is 4.92 Å². The third kappa shape index (κ3) is 5.87. The number of nitrogens with zero attached hydrogens (tertiary/aromatic N) is 3. The maximum absolute atomic E-state index is 12.1. The van der Waals surface area contributed by atoms with Crippen molar-refractivity contribution in [2.24, 2.45) is 4.99 Å². The first-order valence-corrected chi connectivity index (χ1v) is 11.6. The lowest BCUT2D eigenvalue weighted by atomic mass is 10.2. The number of fused-ring (bicyclic) bond motifs is 1. The number of thioether (sulfide) groups is 1.